The van der Waals surface area contributed by atoms with Crippen LogP contribution in [0, 0.1) is 11.3 Å². The number of esters is 1. The molecule has 0 aromatic carbocycles. The van der Waals surface area contributed by atoms with Crippen LogP contribution in [-0.2, 0) is 25.0 Å². The summed E-state index contributed by atoms with van der Waals surface area (Å²) in [5.41, 5.74) is -1.49. The number of primary sulfonamides is 1. The van der Waals surface area contributed by atoms with Gasteiger partial charge in [0.05, 0.1) is 18.4 Å². The molecule has 0 fully saturated rings. The second kappa shape index (κ2) is 5.34. The standard InChI is InChI=1S/C11H13N3O4S/c1-3-18-10(15)11(2,7-12)9-5-4-8(6-14-9)19(13,16)17/h4-6H,3H2,1-2H3,(H2,13,16,17). The van der Waals surface area contributed by atoms with Crippen LogP contribution in [0.5, 0.6) is 0 Å². The Morgan fingerprint density at radius 3 is 2.58 bits per heavy atom. The number of nitrogens with two attached hydrogens (primary N) is 1. The van der Waals surface area contributed by atoms with Crippen molar-refractivity contribution in [1.82, 2.24) is 4.98 Å². The molecule has 0 amide bonds. The average molecular weight is 283 g/mol. The fourth-order valence-electron chi connectivity index (χ4n) is 1.33. The molecule has 0 spiro atoms. The summed E-state index contributed by atoms with van der Waals surface area (Å²) in [5.74, 6) is -0.742. The van der Waals surface area contributed by atoms with E-state index < -0.39 is 21.4 Å². The van der Waals surface area contributed by atoms with E-state index in [0.29, 0.717) is 0 Å². The van der Waals surface area contributed by atoms with Crippen LogP contribution in [-0.4, -0.2) is 26.0 Å². The van der Waals surface area contributed by atoms with Gasteiger partial charge in [-0.15, -0.1) is 0 Å². The minimum Gasteiger partial charge on any atom is -0.465 e. The van der Waals surface area contributed by atoms with Crippen LogP contribution in [0.25, 0.3) is 0 Å². The number of aromatic nitrogens is 1. The Bertz CT molecular complexity index is 618. The van der Waals surface area contributed by atoms with Gasteiger partial charge in [0.15, 0.2) is 5.41 Å². The van der Waals surface area contributed by atoms with Crippen LogP contribution in [0.3, 0.4) is 0 Å². The van der Waals surface area contributed by atoms with Crippen LogP contribution >= 0.6 is 0 Å². The Balaban J connectivity index is 3.22. The largest absolute Gasteiger partial charge is 0.465 e. The Morgan fingerprint density at radius 1 is 1.58 bits per heavy atom. The molecule has 0 saturated carbocycles. The van der Waals surface area contributed by atoms with E-state index in [1.165, 1.54) is 19.1 Å². The van der Waals surface area contributed by atoms with Crippen molar-refractivity contribution in [3.63, 3.8) is 0 Å². The molecule has 0 aliphatic rings. The Labute approximate surface area is 111 Å². The van der Waals surface area contributed by atoms with Crippen LogP contribution in [0.2, 0.25) is 0 Å². The first-order valence-electron chi connectivity index (χ1n) is 5.33. The van der Waals surface area contributed by atoms with Crippen molar-refractivity contribution in [2.75, 3.05) is 6.61 Å². The van der Waals surface area contributed by atoms with Crippen LogP contribution < -0.4 is 5.14 Å². The minimum atomic E-state index is -3.86. The average Bonchev–Trinajstić information content (AvgIpc) is 2.37. The fourth-order valence-corrected chi connectivity index (χ4v) is 1.78. The molecule has 0 aliphatic heterocycles. The lowest BCUT2D eigenvalue weighted by Crippen LogP contribution is -2.34. The highest BCUT2D eigenvalue weighted by Crippen LogP contribution is 2.23. The molecule has 0 saturated heterocycles. The Hall–Kier alpha value is -1.98. The fraction of sp³-hybridized carbons (Fsp3) is 0.364. The van der Waals surface area contributed by atoms with Gasteiger partial charge in [0.1, 0.15) is 4.90 Å². The molecule has 2 N–H and O–H groups in total. The zero-order chi connectivity index (χ0) is 14.7. The van der Waals surface area contributed by atoms with Crippen molar-refractivity contribution < 1.29 is 17.9 Å². The van der Waals surface area contributed by atoms with Crippen molar-refractivity contribution in [2.45, 2.75) is 24.2 Å². The third-order valence-corrected chi connectivity index (χ3v) is 3.38. The van der Waals surface area contributed by atoms with Gasteiger partial charge >= 0.3 is 5.97 Å². The minimum absolute atomic E-state index is 0.0980. The predicted octanol–water partition coefficient (Wildman–Crippen LogP) is 0.0734. The molecular weight excluding hydrogens is 270 g/mol. The molecule has 1 atom stereocenters. The first kappa shape index (κ1) is 15.1. The van der Waals surface area contributed by atoms with Gasteiger partial charge in [-0.3, -0.25) is 4.98 Å². The Kier molecular flexibility index (Phi) is 4.24. The lowest BCUT2D eigenvalue weighted by Gasteiger charge is -2.18. The molecule has 1 rings (SSSR count). The summed E-state index contributed by atoms with van der Waals surface area (Å²) < 4.78 is 27.0. The second-order valence-electron chi connectivity index (χ2n) is 3.88. The number of ether oxygens (including phenoxy) is 1. The summed E-state index contributed by atoms with van der Waals surface area (Å²) in [6, 6.07) is 4.27. The van der Waals surface area contributed by atoms with Crippen molar-refractivity contribution in [3.05, 3.63) is 24.0 Å². The first-order chi connectivity index (χ1) is 8.75. The van der Waals surface area contributed by atoms with Gasteiger partial charge in [0, 0.05) is 6.20 Å². The van der Waals surface area contributed by atoms with Gasteiger partial charge in [0.25, 0.3) is 0 Å². The van der Waals surface area contributed by atoms with E-state index in [1.54, 1.807) is 6.92 Å². The molecule has 1 aromatic heterocycles. The summed E-state index contributed by atoms with van der Waals surface area (Å²) in [4.78, 5) is 15.4. The highest BCUT2D eigenvalue weighted by atomic mass is 32.2. The zero-order valence-electron chi connectivity index (χ0n) is 10.5. The predicted molar refractivity (Wildman–Crippen MR) is 65.2 cm³/mol. The van der Waals surface area contributed by atoms with E-state index in [9.17, 15) is 13.2 Å². The van der Waals surface area contributed by atoms with Gasteiger partial charge in [-0.1, -0.05) is 0 Å². The summed E-state index contributed by atoms with van der Waals surface area (Å²) in [5, 5.41) is 14.1. The van der Waals surface area contributed by atoms with E-state index in [4.69, 9.17) is 15.1 Å². The quantitative estimate of drug-likeness (QED) is 0.780. The highest BCUT2D eigenvalue weighted by molar-refractivity contribution is 7.89. The molecule has 0 radical (unpaired) electrons. The van der Waals surface area contributed by atoms with Crippen LogP contribution in [0.15, 0.2) is 23.2 Å². The summed E-state index contributed by atoms with van der Waals surface area (Å²) in [7, 11) is -3.86. The third-order valence-electron chi connectivity index (χ3n) is 2.48. The number of carbonyl (C=O) groups is 1. The molecular formula is C11H13N3O4S. The first-order valence-corrected chi connectivity index (χ1v) is 6.88. The summed E-state index contributed by atoms with van der Waals surface area (Å²) >= 11 is 0. The maximum atomic E-state index is 11.8. The monoisotopic (exact) mass is 283 g/mol. The lowest BCUT2D eigenvalue weighted by molar-refractivity contribution is -0.147. The SMILES string of the molecule is CCOC(=O)C(C)(C#N)c1ccc(S(N)(=O)=O)cn1. The second-order valence-corrected chi connectivity index (χ2v) is 5.44. The maximum absolute atomic E-state index is 11.8. The van der Waals surface area contributed by atoms with Gasteiger partial charge in [-0.05, 0) is 26.0 Å². The van der Waals surface area contributed by atoms with Gasteiger partial charge in [-0.25, -0.2) is 18.4 Å². The van der Waals surface area contributed by atoms with Gasteiger partial charge in [0.2, 0.25) is 10.0 Å². The molecule has 102 valence electrons. The number of nitriles is 1. The molecule has 0 bridgehead atoms. The lowest BCUT2D eigenvalue weighted by atomic mass is 9.88. The van der Waals surface area contributed by atoms with Gasteiger partial charge < -0.3 is 4.74 Å². The van der Waals surface area contributed by atoms with E-state index in [-0.39, 0.29) is 17.2 Å². The number of pyridine rings is 1. The highest BCUT2D eigenvalue weighted by Gasteiger charge is 2.38. The normalized spacial score (nSPS) is 14.2. The molecule has 8 heteroatoms. The molecule has 0 aliphatic carbocycles. The number of rotatable bonds is 4. The van der Waals surface area contributed by atoms with Crippen LogP contribution in [0.1, 0.15) is 19.5 Å². The van der Waals surface area contributed by atoms with Crippen LogP contribution in [0.4, 0.5) is 0 Å². The van der Waals surface area contributed by atoms with Gasteiger partial charge in [-0.2, -0.15) is 5.26 Å². The number of carbonyl (C=O) groups excluding carboxylic acids is 1. The molecule has 7 nitrogen and oxygen atoms in total. The summed E-state index contributed by atoms with van der Waals surface area (Å²) in [6.45, 7) is 3.10. The van der Waals surface area contributed by atoms with Crippen molar-refractivity contribution >= 4 is 16.0 Å². The van der Waals surface area contributed by atoms with E-state index in [0.717, 1.165) is 6.20 Å². The zero-order valence-corrected chi connectivity index (χ0v) is 11.3. The smallest absolute Gasteiger partial charge is 0.332 e. The molecule has 1 heterocycles. The molecule has 1 unspecified atom stereocenters. The van der Waals surface area contributed by atoms with E-state index in [2.05, 4.69) is 4.98 Å². The Morgan fingerprint density at radius 2 is 2.21 bits per heavy atom. The number of nitrogens with zero attached hydrogens (tertiary/aromatic N) is 2. The van der Waals surface area contributed by atoms with E-state index >= 15 is 0 Å². The topological polar surface area (TPSA) is 123 Å². The van der Waals surface area contributed by atoms with Crippen molar-refractivity contribution in [3.8, 4) is 6.07 Å². The van der Waals surface area contributed by atoms with Crippen molar-refractivity contribution in [1.29, 1.82) is 5.26 Å². The number of hydrogen-bond donors (Lipinski definition) is 1. The molecule has 1 aromatic rings. The number of sulfonamides is 1. The molecule has 19 heavy (non-hydrogen) atoms. The third kappa shape index (κ3) is 3.07. The maximum Gasteiger partial charge on any atom is 0.332 e. The summed E-state index contributed by atoms with van der Waals surface area (Å²) in [6.07, 6.45) is 0.999. The van der Waals surface area contributed by atoms with Crippen molar-refractivity contribution in [2.24, 2.45) is 5.14 Å². The van der Waals surface area contributed by atoms with E-state index in [1.807, 2.05) is 6.07 Å². The number of hydrogen-bond acceptors (Lipinski definition) is 6.